The van der Waals surface area contributed by atoms with Gasteiger partial charge in [-0.25, -0.2) is 10.4 Å². The van der Waals surface area contributed by atoms with Gasteiger partial charge in [0.2, 0.25) is 5.91 Å². The second kappa shape index (κ2) is 7.40. The summed E-state index contributed by atoms with van der Waals surface area (Å²) < 4.78 is 2.99. The summed E-state index contributed by atoms with van der Waals surface area (Å²) in [5.41, 5.74) is 5.47. The van der Waals surface area contributed by atoms with Crippen molar-refractivity contribution in [3.8, 4) is 0 Å². The van der Waals surface area contributed by atoms with Crippen LogP contribution in [0.3, 0.4) is 0 Å². The molecule has 2 aromatic carbocycles. The number of carbonyl (C=O) groups is 1. The SMILES string of the molecule is CC(Cn1cnc2ccccc21)C(=O)NN=Cc1ccc(Br)cc1. The van der Waals surface area contributed by atoms with Crippen molar-refractivity contribution >= 4 is 39.1 Å². The summed E-state index contributed by atoms with van der Waals surface area (Å²) in [6.45, 7) is 2.43. The largest absolute Gasteiger partial charge is 0.330 e. The smallest absolute Gasteiger partial charge is 0.244 e. The number of hydrazone groups is 1. The Morgan fingerprint density at radius 2 is 2.04 bits per heavy atom. The maximum Gasteiger partial charge on any atom is 0.244 e. The zero-order chi connectivity index (χ0) is 16.9. The fourth-order valence-corrected chi connectivity index (χ4v) is 2.63. The van der Waals surface area contributed by atoms with E-state index >= 15 is 0 Å². The molecule has 1 aromatic heterocycles. The monoisotopic (exact) mass is 384 g/mol. The molecule has 1 heterocycles. The van der Waals surface area contributed by atoms with E-state index in [9.17, 15) is 4.79 Å². The number of fused-ring (bicyclic) bond motifs is 1. The number of carbonyl (C=O) groups excluding carboxylic acids is 1. The van der Waals surface area contributed by atoms with Crippen LogP contribution in [0, 0.1) is 5.92 Å². The van der Waals surface area contributed by atoms with Gasteiger partial charge in [-0.3, -0.25) is 4.79 Å². The third-order valence-electron chi connectivity index (χ3n) is 3.70. The number of nitrogens with one attached hydrogen (secondary N) is 1. The summed E-state index contributed by atoms with van der Waals surface area (Å²) in [7, 11) is 0. The molecule has 1 N–H and O–H groups in total. The van der Waals surface area contributed by atoms with E-state index in [-0.39, 0.29) is 11.8 Å². The molecule has 3 rings (SSSR count). The normalized spacial score (nSPS) is 12.6. The summed E-state index contributed by atoms with van der Waals surface area (Å²) in [4.78, 5) is 16.5. The quantitative estimate of drug-likeness (QED) is 0.539. The zero-order valence-corrected chi connectivity index (χ0v) is 14.8. The summed E-state index contributed by atoms with van der Waals surface area (Å²) in [5, 5.41) is 4.02. The predicted molar refractivity (Wildman–Crippen MR) is 98.8 cm³/mol. The number of nitrogens with zero attached hydrogens (tertiary/aromatic N) is 3. The van der Waals surface area contributed by atoms with Crippen LogP contribution in [0.15, 0.2) is 64.4 Å². The summed E-state index contributed by atoms with van der Waals surface area (Å²) in [6.07, 6.45) is 3.39. The van der Waals surface area contributed by atoms with Crippen LogP contribution in [-0.4, -0.2) is 21.7 Å². The number of aromatic nitrogens is 2. The molecule has 0 bridgehead atoms. The van der Waals surface area contributed by atoms with E-state index < -0.39 is 0 Å². The first-order valence-electron chi connectivity index (χ1n) is 7.62. The molecule has 0 aliphatic rings. The molecule has 24 heavy (non-hydrogen) atoms. The Labute approximate surface area is 148 Å². The molecule has 122 valence electrons. The van der Waals surface area contributed by atoms with E-state index in [1.165, 1.54) is 0 Å². The van der Waals surface area contributed by atoms with Crippen LogP contribution < -0.4 is 5.43 Å². The lowest BCUT2D eigenvalue weighted by atomic mass is 10.1. The van der Waals surface area contributed by atoms with Crippen molar-refractivity contribution in [2.75, 3.05) is 0 Å². The molecule has 0 aliphatic carbocycles. The van der Waals surface area contributed by atoms with Crippen molar-refractivity contribution in [1.29, 1.82) is 0 Å². The number of imidazole rings is 1. The molecule has 0 spiro atoms. The minimum absolute atomic E-state index is 0.124. The van der Waals surface area contributed by atoms with Gasteiger partial charge in [0.05, 0.1) is 29.5 Å². The molecule has 3 aromatic rings. The molecule has 0 saturated carbocycles. The Balaban J connectivity index is 1.59. The van der Waals surface area contributed by atoms with Gasteiger partial charge < -0.3 is 4.57 Å². The van der Waals surface area contributed by atoms with Crippen molar-refractivity contribution in [3.05, 3.63) is 64.9 Å². The summed E-state index contributed by atoms with van der Waals surface area (Å²) in [5.74, 6) is -0.342. The van der Waals surface area contributed by atoms with Gasteiger partial charge in [-0.15, -0.1) is 0 Å². The Kier molecular flexibility index (Phi) is 5.05. The Morgan fingerprint density at radius 1 is 1.29 bits per heavy atom. The molecule has 0 fully saturated rings. The highest BCUT2D eigenvalue weighted by Crippen LogP contribution is 2.14. The second-order valence-corrected chi connectivity index (χ2v) is 6.49. The Morgan fingerprint density at radius 3 is 2.83 bits per heavy atom. The molecule has 5 nitrogen and oxygen atoms in total. The number of hydrogen-bond acceptors (Lipinski definition) is 3. The average molecular weight is 385 g/mol. The van der Waals surface area contributed by atoms with Gasteiger partial charge in [-0.05, 0) is 29.8 Å². The van der Waals surface area contributed by atoms with E-state index in [0.29, 0.717) is 6.54 Å². The van der Waals surface area contributed by atoms with Crippen LogP contribution in [0.25, 0.3) is 11.0 Å². The van der Waals surface area contributed by atoms with Crippen LogP contribution in [-0.2, 0) is 11.3 Å². The van der Waals surface area contributed by atoms with Crippen molar-refractivity contribution < 1.29 is 4.79 Å². The van der Waals surface area contributed by atoms with Crippen LogP contribution in [0.1, 0.15) is 12.5 Å². The van der Waals surface area contributed by atoms with E-state index in [0.717, 1.165) is 21.1 Å². The fourth-order valence-electron chi connectivity index (χ4n) is 2.36. The first-order chi connectivity index (χ1) is 11.6. The lowest BCUT2D eigenvalue weighted by molar-refractivity contribution is -0.124. The molecular weight excluding hydrogens is 368 g/mol. The number of halogens is 1. The van der Waals surface area contributed by atoms with Crippen molar-refractivity contribution in [2.24, 2.45) is 11.0 Å². The van der Waals surface area contributed by atoms with E-state index in [2.05, 4.69) is 31.4 Å². The third kappa shape index (κ3) is 3.89. The van der Waals surface area contributed by atoms with Crippen LogP contribution >= 0.6 is 15.9 Å². The van der Waals surface area contributed by atoms with Crippen LogP contribution in [0.4, 0.5) is 0 Å². The summed E-state index contributed by atoms with van der Waals surface area (Å²) in [6, 6.07) is 15.6. The number of benzene rings is 2. The molecule has 6 heteroatoms. The number of amides is 1. The second-order valence-electron chi connectivity index (χ2n) is 5.57. The maximum atomic E-state index is 12.2. The highest BCUT2D eigenvalue weighted by molar-refractivity contribution is 9.10. The van der Waals surface area contributed by atoms with Gasteiger partial charge in [0.15, 0.2) is 0 Å². The molecule has 1 amide bonds. The number of para-hydroxylation sites is 2. The average Bonchev–Trinajstić information content (AvgIpc) is 3.00. The van der Waals surface area contributed by atoms with Crippen molar-refractivity contribution in [1.82, 2.24) is 15.0 Å². The lowest BCUT2D eigenvalue weighted by Gasteiger charge is -2.11. The van der Waals surface area contributed by atoms with Gasteiger partial charge in [0.25, 0.3) is 0 Å². The zero-order valence-electron chi connectivity index (χ0n) is 13.2. The maximum absolute atomic E-state index is 12.2. The highest BCUT2D eigenvalue weighted by Gasteiger charge is 2.14. The van der Waals surface area contributed by atoms with Crippen molar-refractivity contribution in [2.45, 2.75) is 13.5 Å². The minimum atomic E-state index is -0.218. The molecule has 1 unspecified atom stereocenters. The first-order valence-corrected chi connectivity index (χ1v) is 8.41. The van der Waals surface area contributed by atoms with E-state index in [1.807, 2.05) is 60.0 Å². The molecule has 0 aliphatic heterocycles. The van der Waals surface area contributed by atoms with Gasteiger partial charge in [0.1, 0.15) is 0 Å². The van der Waals surface area contributed by atoms with E-state index in [4.69, 9.17) is 0 Å². The molecular formula is C18H17BrN4O. The Bertz CT molecular complexity index is 870. The van der Waals surface area contributed by atoms with Crippen molar-refractivity contribution in [3.63, 3.8) is 0 Å². The topological polar surface area (TPSA) is 59.3 Å². The lowest BCUT2D eigenvalue weighted by Crippen LogP contribution is -2.27. The molecule has 0 saturated heterocycles. The number of hydrogen-bond donors (Lipinski definition) is 1. The van der Waals surface area contributed by atoms with E-state index in [1.54, 1.807) is 12.5 Å². The van der Waals surface area contributed by atoms with Gasteiger partial charge in [-0.1, -0.05) is 47.1 Å². The number of rotatable bonds is 5. The van der Waals surface area contributed by atoms with Gasteiger partial charge in [-0.2, -0.15) is 5.10 Å². The standard InChI is InChI=1S/C18H17BrN4O/c1-13(11-23-12-20-16-4-2-3-5-17(16)23)18(24)22-21-10-14-6-8-15(19)9-7-14/h2-10,12-13H,11H2,1H3,(H,22,24). The van der Waals surface area contributed by atoms with Gasteiger partial charge in [0, 0.05) is 11.0 Å². The molecule has 1 atom stereocenters. The molecule has 0 radical (unpaired) electrons. The Hall–Kier alpha value is -2.47. The fraction of sp³-hybridized carbons (Fsp3) is 0.167. The van der Waals surface area contributed by atoms with Gasteiger partial charge >= 0.3 is 0 Å². The van der Waals surface area contributed by atoms with Crippen LogP contribution in [0.2, 0.25) is 0 Å². The first kappa shape index (κ1) is 16.4. The van der Waals surface area contributed by atoms with Crippen LogP contribution in [0.5, 0.6) is 0 Å². The minimum Gasteiger partial charge on any atom is -0.330 e. The summed E-state index contributed by atoms with van der Waals surface area (Å²) >= 11 is 3.38. The predicted octanol–water partition coefficient (Wildman–Crippen LogP) is 3.59. The highest BCUT2D eigenvalue weighted by atomic mass is 79.9. The third-order valence-corrected chi connectivity index (χ3v) is 4.23.